The van der Waals surface area contributed by atoms with E-state index in [4.69, 9.17) is 0 Å². The Morgan fingerprint density at radius 3 is 2.37 bits per heavy atom. The van der Waals surface area contributed by atoms with Gasteiger partial charge in [0.05, 0.1) is 32.2 Å². The molecule has 1 aliphatic heterocycles. The first kappa shape index (κ1) is 35.5. The normalized spacial score (nSPS) is 19.8. The number of benzene rings is 2. The van der Waals surface area contributed by atoms with E-state index in [0.717, 1.165) is 66.6 Å². The molecule has 0 spiro atoms. The van der Waals surface area contributed by atoms with E-state index in [1.807, 2.05) is 4.90 Å². The van der Waals surface area contributed by atoms with Crippen LogP contribution < -0.4 is 14.7 Å². The van der Waals surface area contributed by atoms with Crippen LogP contribution in [0.2, 0.25) is 0 Å². The van der Waals surface area contributed by atoms with Crippen LogP contribution in [0, 0.1) is 0 Å². The van der Waals surface area contributed by atoms with E-state index in [1.165, 1.54) is 11.3 Å². The molecule has 3 atom stereocenters. The summed E-state index contributed by atoms with van der Waals surface area (Å²) in [5.41, 5.74) is 4.79. The minimum absolute atomic E-state index is 0.0488. The van der Waals surface area contributed by atoms with E-state index in [0.29, 0.717) is 31.3 Å². The Balaban J connectivity index is 1.62. The summed E-state index contributed by atoms with van der Waals surface area (Å²) in [6.45, 7) is 7.37. The Hall–Kier alpha value is -1.97. The Bertz CT molecular complexity index is 1150. The molecule has 43 heavy (non-hydrogen) atoms. The lowest BCUT2D eigenvalue weighted by atomic mass is 9.80. The van der Waals surface area contributed by atoms with Gasteiger partial charge in [0.15, 0.2) is 0 Å². The summed E-state index contributed by atoms with van der Waals surface area (Å²) in [6.07, 6.45) is 11.2. The molecule has 1 aliphatic rings. The fourth-order valence-electron chi connectivity index (χ4n) is 6.65. The highest BCUT2D eigenvalue weighted by Gasteiger charge is 2.53. The molecule has 0 saturated heterocycles. The number of likely N-dealkylation sites (N-methyl/N-ethyl adjacent to an activating group) is 1. The van der Waals surface area contributed by atoms with Crippen molar-refractivity contribution in [3.8, 4) is 0 Å². The summed E-state index contributed by atoms with van der Waals surface area (Å²) in [5, 5.41) is 22.3. The molecule has 1 amide bonds. The number of carbonyl (C=O) groups is 1. The highest BCUT2D eigenvalue weighted by Crippen LogP contribution is 2.49. The largest absolute Gasteiger partial charge is 0.395 e. The monoisotopic (exact) mass is 628 g/mol. The number of hydrogen-bond donors (Lipinski definition) is 5. The van der Waals surface area contributed by atoms with Gasteiger partial charge >= 0.3 is 0 Å². The zero-order valence-corrected chi connectivity index (χ0v) is 28.2. The first-order valence-corrected chi connectivity index (χ1v) is 17.1. The maximum absolute atomic E-state index is 12.5. The molecule has 1 heterocycles. The third kappa shape index (κ3) is 9.76. The number of nitrogens with one attached hydrogen (secondary N) is 1. The molecule has 0 bridgehead atoms. The van der Waals surface area contributed by atoms with Crippen molar-refractivity contribution >= 4 is 48.6 Å². The second kappa shape index (κ2) is 17.5. The van der Waals surface area contributed by atoms with Gasteiger partial charge in [0.1, 0.15) is 11.7 Å². The second-order valence-corrected chi connectivity index (χ2v) is 13.7. The predicted octanol–water partition coefficient (Wildman–Crippen LogP) is 5.86. The van der Waals surface area contributed by atoms with E-state index >= 15 is 0 Å². The molecule has 0 saturated carbocycles. The summed E-state index contributed by atoms with van der Waals surface area (Å²) in [4.78, 5) is 14.5. The lowest BCUT2D eigenvalue weighted by Gasteiger charge is -2.39. The number of anilines is 1. The number of quaternary nitrogens is 1. The lowest BCUT2D eigenvalue weighted by molar-refractivity contribution is -0.121. The quantitative estimate of drug-likeness (QED) is 0.0768. The van der Waals surface area contributed by atoms with E-state index in [-0.39, 0.29) is 30.6 Å². The topological polar surface area (TPSA) is 72.8 Å². The van der Waals surface area contributed by atoms with Crippen LogP contribution in [0.15, 0.2) is 54.6 Å². The van der Waals surface area contributed by atoms with E-state index in [2.05, 4.69) is 112 Å². The standard InChI is InChI=1S/C35H53N3O3S2/c1-35(2)31-12-5-6-13-32(31)38(3,24-9-21-36-34(41)14-7-4-10-30(43)11-8-27-42)33(35)20-17-28-15-18-29(19-16-28)37(22-25-39)23-26-40/h5-6,12-13,15-20,30,33,39-40H,4,7-11,14,21-27H2,1-3H3,(H2-,36,41,42,43)/p+1. The number of fused-ring (bicyclic) bond motifs is 1. The van der Waals surface area contributed by atoms with E-state index in [1.54, 1.807) is 0 Å². The van der Waals surface area contributed by atoms with Crippen molar-refractivity contribution < 1.29 is 15.0 Å². The van der Waals surface area contributed by atoms with Gasteiger partial charge in [-0.15, -0.1) is 0 Å². The summed E-state index contributed by atoms with van der Waals surface area (Å²) >= 11 is 8.92. The smallest absolute Gasteiger partial charge is 0.219 e. The molecule has 6 nitrogen and oxygen atoms in total. The number of unbranched alkanes of at least 4 members (excludes halogenated alkanes) is 1. The van der Waals surface area contributed by atoms with Gasteiger partial charge < -0.3 is 20.4 Å². The van der Waals surface area contributed by atoms with Crippen LogP contribution in [0.25, 0.3) is 6.08 Å². The average Bonchev–Trinajstić information content (AvgIpc) is 3.17. The highest BCUT2D eigenvalue weighted by atomic mass is 32.1. The van der Waals surface area contributed by atoms with Crippen molar-refractivity contribution in [1.82, 2.24) is 9.80 Å². The first-order valence-electron chi connectivity index (χ1n) is 15.9. The van der Waals surface area contributed by atoms with Crippen LogP contribution in [0.3, 0.4) is 0 Å². The van der Waals surface area contributed by atoms with Crippen LogP contribution in [-0.2, 0) is 10.2 Å². The minimum Gasteiger partial charge on any atom is -0.395 e. The number of carbonyl (C=O) groups excluding carboxylic acids is 1. The number of hydrogen-bond acceptors (Lipinski definition) is 6. The van der Waals surface area contributed by atoms with Crippen LogP contribution in [0.4, 0.5) is 11.4 Å². The molecule has 0 radical (unpaired) electrons. The van der Waals surface area contributed by atoms with Crippen molar-refractivity contribution in [2.45, 2.75) is 75.5 Å². The van der Waals surface area contributed by atoms with Crippen LogP contribution in [-0.4, -0.2) is 79.6 Å². The van der Waals surface area contributed by atoms with Crippen molar-refractivity contribution in [2.24, 2.45) is 0 Å². The molecule has 0 aromatic heterocycles. The van der Waals surface area contributed by atoms with Crippen LogP contribution in [0.1, 0.15) is 69.9 Å². The van der Waals surface area contributed by atoms with Crippen molar-refractivity contribution in [3.63, 3.8) is 0 Å². The van der Waals surface area contributed by atoms with Gasteiger partial charge in [-0.25, -0.2) is 0 Å². The Morgan fingerprint density at radius 1 is 1.02 bits per heavy atom. The lowest BCUT2D eigenvalue weighted by Crippen LogP contribution is -2.55. The van der Waals surface area contributed by atoms with Gasteiger partial charge in [-0.1, -0.05) is 42.8 Å². The average molecular weight is 629 g/mol. The number of amides is 1. The number of nitrogens with zero attached hydrogens (tertiary/aromatic N) is 2. The maximum Gasteiger partial charge on any atom is 0.219 e. The first-order chi connectivity index (χ1) is 20.7. The Morgan fingerprint density at radius 2 is 1.70 bits per heavy atom. The molecule has 3 rings (SSSR count). The third-order valence-electron chi connectivity index (χ3n) is 8.98. The molecule has 2 aromatic carbocycles. The van der Waals surface area contributed by atoms with Gasteiger partial charge in [0.2, 0.25) is 5.91 Å². The fraction of sp³-hybridized carbons (Fsp3) is 0.571. The molecule has 8 heteroatoms. The number of thiol groups is 2. The van der Waals surface area contributed by atoms with Crippen molar-refractivity contribution in [2.75, 3.05) is 57.1 Å². The summed E-state index contributed by atoms with van der Waals surface area (Å²) in [7, 11) is 2.33. The molecule has 2 aromatic rings. The molecule has 0 fully saturated rings. The van der Waals surface area contributed by atoms with Crippen LogP contribution >= 0.6 is 25.3 Å². The molecule has 0 aliphatic carbocycles. The predicted molar refractivity (Wildman–Crippen MR) is 190 cm³/mol. The number of para-hydroxylation sites is 1. The van der Waals surface area contributed by atoms with Crippen LogP contribution in [0.5, 0.6) is 0 Å². The minimum atomic E-state index is -0.0538. The van der Waals surface area contributed by atoms with Gasteiger partial charge in [0.25, 0.3) is 0 Å². The van der Waals surface area contributed by atoms with Crippen molar-refractivity contribution in [3.05, 3.63) is 65.7 Å². The van der Waals surface area contributed by atoms with Gasteiger partial charge in [-0.3, -0.25) is 9.28 Å². The Labute approximate surface area is 271 Å². The molecule has 3 N–H and O–H groups in total. The third-order valence-corrected chi connectivity index (χ3v) is 9.81. The van der Waals surface area contributed by atoms with Gasteiger partial charge in [-0.2, -0.15) is 25.3 Å². The fourth-order valence-corrected chi connectivity index (χ4v) is 7.19. The number of rotatable bonds is 19. The summed E-state index contributed by atoms with van der Waals surface area (Å²) in [6, 6.07) is 17.3. The van der Waals surface area contributed by atoms with Crippen molar-refractivity contribution in [1.29, 1.82) is 0 Å². The second-order valence-electron chi connectivity index (χ2n) is 12.5. The maximum atomic E-state index is 12.5. The zero-order valence-electron chi connectivity index (χ0n) is 26.4. The van der Waals surface area contributed by atoms with Gasteiger partial charge in [0, 0.05) is 49.0 Å². The summed E-state index contributed by atoms with van der Waals surface area (Å²) < 4.78 is 0.796. The number of aliphatic hydroxyl groups excluding tert-OH is 2. The number of aliphatic hydroxyl groups is 2. The SMILES string of the molecule is CC1(C)c2ccccc2[N+](C)(CCCNC(=O)CCCCC(S)CCCS)C1C=Cc1ccc(N(CCO)CCO)cc1. The zero-order chi connectivity index (χ0) is 31.3. The molecular weight excluding hydrogens is 575 g/mol. The summed E-state index contributed by atoms with van der Waals surface area (Å²) in [5.74, 6) is 1.05. The van der Waals surface area contributed by atoms with E-state index in [9.17, 15) is 15.0 Å². The molecule has 238 valence electrons. The molecular formula is C35H54N3O3S2+. The van der Waals surface area contributed by atoms with E-state index < -0.39 is 0 Å². The Kier molecular flexibility index (Phi) is 14.5. The molecule has 3 unspecified atom stereocenters. The highest BCUT2D eigenvalue weighted by molar-refractivity contribution is 7.81. The van der Waals surface area contributed by atoms with Gasteiger partial charge in [-0.05, 0) is 75.1 Å².